The maximum absolute atomic E-state index is 4.57. The Morgan fingerprint density at radius 3 is 2.80 bits per heavy atom. The summed E-state index contributed by atoms with van der Waals surface area (Å²) in [7, 11) is 0. The van der Waals surface area contributed by atoms with Gasteiger partial charge in [-0.2, -0.15) is 0 Å². The molecule has 0 unspecified atom stereocenters. The van der Waals surface area contributed by atoms with Crippen LogP contribution in [0.25, 0.3) is 0 Å². The molecule has 2 rings (SSSR count). The Morgan fingerprint density at radius 2 is 2.13 bits per heavy atom. The first kappa shape index (κ1) is 10.4. The van der Waals surface area contributed by atoms with Gasteiger partial charge in [0.25, 0.3) is 0 Å². The Hall–Kier alpha value is -1.09. The second-order valence-corrected chi connectivity index (χ2v) is 4.09. The van der Waals surface area contributed by atoms with Gasteiger partial charge in [0.2, 0.25) is 0 Å². The molecule has 0 aromatic carbocycles. The lowest BCUT2D eigenvalue weighted by Crippen LogP contribution is -2.44. The number of piperazine rings is 1. The van der Waals surface area contributed by atoms with E-state index >= 15 is 0 Å². The molecule has 3 heteroatoms. The third kappa shape index (κ3) is 2.29. The summed E-state index contributed by atoms with van der Waals surface area (Å²) in [5.41, 5.74) is 2.63. The van der Waals surface area contributed by atoms with Crippen molar-refractivity contribution in [3.05, 3.63) is 23.4 Å². The molecule has 2 heterocycles. The van der Waals surface area contributed by atoms with Crippen molar-refractivity contribution in [1.29, 1.82) is 0 Å². The van der Waals surface area contributed by atoms with Crippen LogP contribution < -0.4 is 10.2 Å². The topological polar surface area (TPSA) is 28.2 Å². The quantitative estimate of drug-likeness (QED) is 0.790. The second kappa shape index (κ2) is 4.62. The van der Waals surface area contributed by atoms with E-state index in [9.17, 15) is 0 Å². The molecule has 1 aromatic rings. The largest absolute Gasteiger partial charge is 0.354 e. The molecule has 0 radical (unpaired) electrons. The number of anilines is 1. The Bertz CT molecular complexity index is 330. The highest BCUT2D eigenvalue weighted by atomic mass is 15.2. The van der Waals surface area contributed by atoms with E-state index in [0.29, 0.717) is 0 Å². The van der Waals surface area contributed by atoms with E-state index in [2.05, 4.69) is 35.1 Å². The van der Waals surface area contributed by atoms with Crippen molar-refractivity contribution >= 4 is 5.82 Å². The van der Waals surface area contributed by atoms with Crippen molar-refractivity contribution in [3.63, 3.8) is 0 Å². The molecule has 1 aliphatic heterocycles. The zero-order valence-corrected chi connectivity index (χ0v) is 9.58. The Labute approximate surface area is 91.5 Å². The highest BCUT2D eigenvalue weighted by Crippen LogP contribution is 2.19. The number of aromatic nitrogens is 1. The van der Waals surface area contributed by atoms with Gasteiger partial charge in [-0.15, -0.1) is 0 Å². The van der Waals surface area contributed by atoms with Crippen LogP contribution in [-0.4, -0.2) is 31.2 Å². The summed E-state index contributed by atoms with van der Waals surface area (Å²) in [6.45, 7) is 8.58. The van der Waals surface area contributed by atoms with Crippen LogP contribution in [0.4, 0.5) is 5.82 Å². The summed E-state index contributed by atoms with van der Waals surface area (Å²) in [5, 5.41) is 3.36. The van der Waals surface area contributed by atoms with Crippen LogP contribution in [-0.2, 0) is 6.42 Å². The lowest BCUT2D eigenvalue weighted by molar-refractivity contribution is 0.583. The number of hydrogen-bond donors (Lipinski definition) is 1. The highest BCUT2D eigenvalue weighted by molar-refractivity contribution is 5.48. The van der Waals surface area contributed by atoms with Crippen LogP contribution in [0, 0.1) is 6.92 Å². The van der Waals surface area contributed by atoms with Gasteiger partial charge in [0.1, 0.15) is 5.82 Å². The Morgan fingerprint density at radius 1 is 1.40 bits per heavy atom. The first-order valence-electron chi connectivity index (χ1n) is 5.72. The molecule has 0 saturated carbocycles. The molecule has 1 saturated heterocycles. The molecule has 15 heavy (non-hydrogen) atoms. The first-order valence-corrected chi connectivity index (χ1v) is 5.72. The number of rotatable bonds is 2. The van der Waals surface area contributed by atoms with Crippen LogP contribution in [0.5, 0.6) is 0 Å². The molecule has 1 aromatic heterocycles. The van der Waals surface area contributed by atoms with Crippen LogP contribution in [0.2, 0.25) is 0 Å². The summed E-state index contributed by atoms with van der Waals surface area (Å²) in [6, 6.07) is 2.25. The molecule has 0 amide bonds. The molecule has 82 valence electrons. The zero-order valence-electron chi connectivity index (χ0n) is 9.58. The number of aryl methyl sites for hydroxylation is 2. The van der Waals surface area contributed by atoms with E-state index in [0.717, 1.165) is 32.6 Å². The standard InChI is InChI=1S/C12H19N3/c1-3-11-8-10(2)9-14-12(11)15-6-4-13-5-7-15/h8-9,13H,3-7H2,1-2H3. The highest BCUT2D eigenvalue weighted by Gasteiger charge is 2.14. The van der Waals surface area contributed by atoms with Gasteiger partial charge in [-0.3, -0.25) is 0 Å². The zero-order chi connectivity index (χ0) is 10.7. The van der Waals surface area contributed by atoms with Gasteiger partial charge in [0, 0.05) is 32.4 Å². The SMILES string of the molecule is CCc1cc(C)cnc1N1CCNCC1. The average molecular weight is 205 g/mol. The molecule has 1 aliphatic rings. The summed E-state index contributed by atoms with van der Waals surface area (Å²) in [5.74, 6) is 1.18. The van der Waals surface area contributed by atoms with Gasteiger partial charge >= 0.3 is 0 Å². The summed E-state index contributed by atoms with van der Waals surface area (Å²) >= 11 is 0. The molecule has 1 fully saturated rings. The van der Waals surface area contributed by atoms with E-state index in [1.54, 1.807) is 0 Å². The smallest absolute Gasteiger partial charge is 0.131 e. The normalized spacial score (nSPS) is 16.8. The minimum atomic E-state index is 1.06. The van der Waals surface area contributed by atoms with Gasteiger partial charge in [-0.05, 0) is 24.5 Å². The third-order valence-corrected chi connectivity index (χ3v) is 2.88. The van der Waals surface area contributed by atoms with E-state index in [1.807, 2.05) is 6.20 Å². The molecular formula is C12H19N3. The Balaban J connectivity index is 2.25. The predicted molar refractivity (Wildman–Crippen MR) is 63.4 cm³/mol. The fraction of sp³-hybridized carbons (Fsp3) is 0.583. The lowest BCUT2D eigenvalue weighted by Gasteiger charge is -2.30. The molecule has 0 spiro atoms. The summed E-state index contributed by atoms with van der Waals surface area (Å²) < 4.78 is 0. The van der Waals surface area contributed by atoms with E-state index in [4.69, 9.17) is 0 Å². The fourth-order valence-electron chi connectivity index (χ4n) is 2.04. The first-order chi connectivity index (χ1) is 7.31. The van der Waals surface area contributed by atoms with E-state index < -0.39 is 0 Å². The van der Waals surface area contributed by atoms with Gasteiger partial charge in [-0.25, -0.2) is 4.98 Å². The van der Waals surface area contributed by atoms with Gasteiger partial charge in [0.15, 0.2) is 0 Å². The molecule has 0 aliphatic carbocycles. The van der Waals surface area contributed by atoms with Crippen molar-refractivity contribution in [1.82, 2.24) is 10.3 Å². The minimum absolute atomic E-state index is 1.06. The fourth-order valence-corrected chi connectivity index (χ4v) is 2.04. The minimum Gasteiger partial charge on any atom is -0.354 e. The number of hydrogen-bond acceptors (Lipinski definition) is 3. The lowest BCUT2D eigenvalue weighted by atomic mass is 10.1. The summed E-state index contributed by atoms with van der Waals surface area (Å²) in [4.78, 5) is 6.95. The van der Waals surface area contributed by atoms with Crippen molar-refractivity contribution in [2.45, 2.75) is 20.3 Å². The number of pyridine rings is 1. The van der Waals surface area contributed by atoms with E-state index in [-0.39, 0.29) is 0 Å². The number of nitrogens with one attached hydrogen (secondary N) is 1. The van der Waals surface area contributed by atoms with Crippen LogP contribution in [0.15, 0.2) is 12.3 Å². The predicted octanol–water partition coefficient (Wildman–Crippen LogP) is 1.36. The van der Waals surface area contributed by atoms with Gasteiger partial charge < -0.3 is 10.2 Å². The molecule has 3 nitrogen and oxygen atoms in total. The average Bonchev–Trinajstić information content (AvgIpc) is 2.30. The Kier molecular flexibility index (Phi) is 3.21. The maximum Gasteiger partial charge on any atom is 0.131 e. The number of nitrogens with zero attached hydrogens (tertiary/aromatic N) is 2. The molecule has 0 atom stereocenters. The monoisotopic (exact) mass is 205 g/mol. The maximum atomic E-state index is 4.57. The second-order valence-electron chi connectivity index (χ2n) is 4.09. The molecule has 0 bridgehead atoms. The van der Waals surface area contributed by atoms with Crippen LogP contribution in [0.1, 0.15) is 18.1 Å². The molecule has 1 N–H and O–H groups in total. The van der Waals surface area contributed by atoms with Gasteiger partial charge in [0.05, 0.1) is 0 Å². The van der Waals surface area contributed by atoms with Gasteiger partial charge in [-0.1, -0.05) is 13.0 Å². The van der Waals surface area contributed by atoms with Crippen LogP contribution in [0.3, 0.4) is 0 Å². The van der Waals surface area contributed by atoms with Crippen molar-refractivity contribution in [2.24, 2.45) is 0 Å². The van der Waals surface area contributed by atoms with Crippen molar-refractivity contribution in [2.75, 3.05) is 31.1 Å². The van der Waals surface area contributed by atoms with E-state index in [1.165, 1.54) is 16.9 Å². The third-order valence-electron chi connectivity index (χ3n) is 2.88. The molecular weight excluding hydrogens is 186 g/mol. The summed E-state index contributed by atoms with van der Waals surface area (Å²) in [6.07, 6.45) is 3.03. The van der Waals surface area contributed by atoms with Crippen molar-refractivity contribution < 1.29 is 0 Å². The van der Waals surface area contributed by atoms with Crippen molar-refractivity contribution in [3.8, 4) is 0 Å². The van der Waals surface area contributed by atoms with Crippen LogP contribution >= 0.6 is 0 Å².